The molecule has 1 aliphatic carbocycles. The third kappa shape index (κ3) is 1.77. The lowest BCUT2D eigenvalue weighted by Crippen LogP contribution is -2.35. The van der Waals surface area contributed by atoms with Crippen molar-refractivity contribution in [2.24, 2.45) is 0 Å². The van der Waals surface area contributed by atoms with E-state index < -0.39 is 5.54 Å². The van der Waals surface area contributed by atoms with Gasteiger partial charge in [-0.3, -0.25) is 9.89 Å². The summed E-state index contributed by atoms with van der Waals surface area (Å²) in [6.07, 6.45) is 4.49. The molecule has 5 heteroatoms. The Morgan fingerprint density at radius 2 is 2.17 bits per heavy atom. The van der Waals surface area contributed by atoms with Gasteiger partial charge in [0, 0.05) is 11.8 Å². The molecule has 1 amide bonds. The molecule has 0 bridgehead atoms. The van der Waals surface area contributed by atoms with Gasteiger partial charge in [0.15, 0.2) is 0 Å². The van der Waals surface area contributed by atoms with Gasteiger partial charge in [-0.25, -0.2) is 4.39 Å². The Morgan fingerprint density at radius 1 is 1.39 bits per heavy atom. The van der Waals surface area contributed by atoms with Gasteiger partial charge in [-0.2, -0.15) is 5.10 Å². The van der Waals surface area contributed by atoms with Crippen LogP contribution in [0.5, 0.6) is 0 Å². The highest BCUT2D eigenvalue weighted by atomic mass is 19.1. The van der Waals surface area contributed by atoms with Crippen LogP contribution in [0.4, 0.5) is 4.39 Å². The fourth-order valence-corrected chi connectivity index (χ4v) is 2.10. The van der Waals surface area contributed by atoms with E-state index in [1.54, 1.807) is 18.2 Å². The Kier molecular flexibility index (Phi) is 2.40. The standard InChI is InChI=1S/C13H12FN3O/c14-11-4-2-1-3-10(11)13(5-6-13)17-12(18)9-7-15-16-8-9/h1-4,7-8H,5-6H2,(H,15,16)(H,17,18). The monoisotopic (exact) mass is 245 g/mol. The van der Waals surface area contributed by atoms with E-state index in [-0.39, 0.29) is 11.7 Å². The van der Waals surface area contributed by atoms with Crippen molar-refractivity contribution < 1.29 is 9.18 Å². The third-order valence-corrected chi connectivity index (χ3v) is 3.25. The van der Waals surface area contributed by atoms with Crippen LogP contribution in [0, 0.1) is 5.82 Å². The van der Waals surface area contributed by atoms with E-state index in [9.17, 15) is 9.18 Å². The fourth-order valence-electron chi connectivity index (χ4n) is 2.10. The van der Waals surface area contributed by atoms with Crippen molar-refractivity contribution in [3.8, 4) is 0 Å². The number of hydrogen-bond acceptors (Lipinski definition) is 2. The number of aromatic amines is 1. The Labute approximate surface area is 103 Å². The number of amides is 1. The first-order chi connectivity index (χ1) is 8.71. The summed E-state index contributed by atoms with van der Waals surface area (Å²) >= 11 is 0. The van der Waals surface area contributed by atoms with Crippen LogP contribution in [-0.4, -0.2) is 16.1 Å². The molecule has 1 aromatic heterocycles. The largest absolute Gasteiger partial charge is 0.342 e. The van der Waals surface area contributed by atoms with Gasteiger partial charge in [-0.05, 0) is 18.9 Å². The highest BCUT2D eigenvalue weighted by Crippen LogP contribution is 2.46. The van der Waals surface area contributed by atoms with Crippen LogP contribution in [-0.2, 0) is 5.54 Å². The number of carbonyl (C=O) groups is 1. The summed E-state index contributed by atoms with van der Waals surface area (Å²) in [6.45, 7) is 0. The minimum Gasteiger partial charge on any atom is -0.342 e. The van der Waals surface area contributed by atoms with Crippen molar-refractivity contribution in [1.29, 1.82) is 0 Å². The van der Waals surface area contributed by atoms with Crippen molar-refractivity contribution >= 4 is 5.91 Å². The molecule has 0 spiro atoms. The molecule has 92 valence electrons. The average Bonchev–Trinajstić information content (AvgIpc) is 2.94. The van der Waals surface area contributed by atoms with Gasteiger partial charge in [0.1, 0.15) is 5.82 Å². The van der Waals surface area contributed by atoms with Crippen LogP contribution in [0.1, 0.15) is 28.8 Å². The molecule has 2 aromatic rings. The minimum absolute atomic E-state index is 0.232. The summed E-state index contributed by atoms with van der Waals surface area (Å²) in [6, 6.07) is 6.56. The molecule has 3 rings (SSSR count). The normalized spacial score (nSPS) is 16.3. The molecule has 18 heavy (non-hydrogen) atoms. The van der Waals surface area contributed by atoms with Gasteiger partial charge in [0.25, 0.3) is 5.91 Å². The van der Waals surface area contributed by atoms with E-state index in [0.717, 1.165) is 12.8 Å². The van der Waals surface area contributed by atoms with E-state index in [1.165, 1.54) is 18.5 Å². The topological polar surface area (TPSA) is 57.8 Å². The van der Waals surface area contributed by atoms with Crippen molar-refractivity contribution in [2.75, 3.05) is 0 Å². The number of nitrogens with one attached hydrogen (secondary N) is 2. The SMILES string of the molecule is O=C(NC1(c2ccccc2F)CC1)c1cn[nH]c1. The molecule has 1 heterocycles. The maximum Gasteiger partial charge on any atom is 0.255 e. The number of hydrogen-bond donors (Lipinski definition) is 2. The number of nitrogens with zero attached hydrogens (tertiary/aromatic N) is 1. The van der Waals surface area contributed by atoms with Crippen LogP contribution in [0.15, 0.2) is 36.7 Å². The molecular weight excluding hydrogens is 233 g/mol. The molecule has 1 saturated carbocycles. The predicted molar refractivity (Wildman–Crippen MR) is 63.4 cm³/mol. The second-order valence-corrected chi connectivity index (χ2v) is 4.50. The van der Waals surface area contributed by atoms with Crippen molar-refractivity contribution in [1.82, 2.24) is 15.5 Å². The Balaban J connectivity index is 1.85. The molecule has 0 aliphatic heterocycles. The fraction of sp³-hybridized carbons (Fsp3) is 0.231. The molecule has 1 aliphatic rings. The van der Waals surface area contributed by atoms with E-state index in [0.29, 0.717) is 11.1 Å². The van der Waals surface area contributed by atoms with Gasteiger partial charge in [0.05, 0.1) is 17.3 Å². The van der Waals surface area contributed by atoms with Crippen LogP contribution in [0.2, 0.25) is 0 Å². The Bertz CT molecular complexity index is 576. The quantitative estimate of drug-likeness (QED) is 0.868. The van der Waals surface area contributed by atoms with Crippen molar-refractivity contribution in [3.63, 3.8) is 0 Å². The number of benzene rings is 1. The minimum atomic E-state index is -0.542. The van der Waals surface area contributed by atoms with Gasteiger partial charge in [-0.15, -0.1) is 0 Å². The van der Waals surface area contributed by atoms with Crippen molar-refractivity contribution in [2.45, 2.75) is 18.4 Å². The maximum absolute atomic E-state index is 13.7. The average molecular weight is 245 g/mol. The lowest BCUT2D eigenvalue weighted by Gasteiger charge is -2.18. The Morgan fingerprint density at radius 3 is 2.78 bits per heavy atom. The summed E-state index contributed by atoms with van der Waals surface area (Å²) in [5.74, 6) is -0.507. The van der Waals surface area contributed by atoms with E-state index >= 15 is 0 Å². The first kappa shape index (κ1) is 11.0. The molecule has 4 nitrogen and oxygen atoms in total. The van der Waals surface area contributed by atoms with E-state index in [1.807, 2.05) is 0 Å². The zero-order chi connectivity index (χ0) is 12.6. The maximum atomic E-state index is 13.7. The first-order valence-electron chi connectivity index (χ1n) is 5.78. The summed E-state index contributed by atoms with van der Waals surface area (Å²) in [5, 5.41) is 9.20. The number of aromatic nitrogens is 2. The second-order valence-electron chi connectivity index (χ2n) is 4.50. The summed E-state index contributed by atoms with van der Waals surface area (Å²) < 4.78 is 13.7. The number of rotatable bonds is 3. The van der Waals surface area contributed by atoms with E-state index in [4.69, 9.17) is 0 Å². The summed E-state index contributed by atoms with van der Waals surface area (Å²) in [5.41, 5.74) is 0.471. The molecule has 1 fully saturated rings. The van der Waals surface area contributed by atoms with Gasteiger partial charge < -0.3 is 5.32 Å². The number of H-pyrrole nitrogens is 1. The highest BCUT2D eigenvalue weighted by molar-refractivity contribution is 5.94. The summed E-state index contributed by atoms with van der Waals surface area (Å²) in [4.78, 5) is 12.0. The van der Waals surface area contributed by atoms with E-state index in [2.05, 4.69) is 15.5 Å². The second kappa shape index (κ2) is 3.94. The Hall–Kier alpha value is -2.17. The summed E-state index contributed by atoms with van der Waals surface area (Å²) in [7, 11) is 0. The van der Waals surface area contributed by atoms with Gasteiger partial charge in [-0.1, -0.05) is 18.2 Å². The lowest BCUT2D eigenvalue weighted by molar-refractivity contribution is 0.0930. The smallest absolute Gasteiger partial charge is 0.255 e. The van der Waals surface area contributed by atoms with Crippen LogP contribution in [0.3, 0.4) is 0 Å². The molecule has 0 unspecified atom stereocenters. The lowest BCUT2D eigenvalue weighted by atomic mass is 10.0. The zero-order valence-corrected chi connectivity index (χ0v) is 9.61. The molecule has 0 radical (unpaired) electrons. The highest BCUT2D eigenvalue weighted by Gasteiger charge is 2.47. The molecule has 2 N–H and O–H groups in total. The van der Waals surface area contributed by atoms with Gasteiger partial charge in [0.2, 0.25) is 0 Å². The molecule has 0 atom stereocenters. The molecule has 1 aromatic carbocycles. The van der Waals surface area contributed by atoms with Crippen LogP contribution >= 0.6 is 0 Å². The van der Waals surface area contributed by atoms with Crippen LogP contribution in [0.25, 0.3) is 0 Å². The third-order valence-electron chi connectivity index (χ3n) is 3.25. The number of carbonyl (C=O) groups excluding carboxylic acids is 1. The molecular formula is C13H12FN3O. The first-order valence-corrected chi connectivity index (χ1v) is 5.78. The predicted octanol–water partition coefficient (Wildman–Crippen LogP) is 1.97. The van der Waals surface area contributed by atoms with Crippen molar-refractivity contribution in [3.05, 3.63) is 53.6 Å². The van der Waals surface area contributed by atoms with Gasteiger partial charge >= 0.3 is 0 Å². The zero-order valence-electron chi connectivity index (χ0n) is 9.61. The number of halogens is 1. The molecule has 0 saturated heterocycles. The van der Waals surface area contributed by atoms with Crippen LogP contribution < -0.4 is 5.32 Å².